The number of hydrogen-bond acceptors (Lipinski definition) is 4. The van der Waals surface area contributed by atoms with Crippen molar-refractivity contribution in [2.45, 2.75) is 26.8 Å². The molecule has 0 fully saturated rings. The smallest absolute Gasteiger partial charge is 0.238 e. The fraction of sp³-hybridized carbons (Fsp3) is 0.348. The summed E-state index contributed by atoms with van der Waals surface area (Å²) in [7, 11) is 1.58. The van der Waals surface area contributed by atoms with E-state index < -0.39 is 17.7 Å². The number of amides is 3. The van der Waals surface area contributed by atoms with Gasteiger partial charge in [0.25, 0.3) is 0 Å². The average Bonchev–Trinajstić information content (AvgIpc) is 2.75. The van der Waals surface area contributed by atoms with Crippen molar-refractivity contribution < 1.29 is 23.2 Å². The highest BCUT2D eigenvalue weighted by molar-refractivity contribution is 5.93. The van der Waals surface area contributed by atoms with Gasteiger partial charge in [0.15, 0.2) is 11.6 Å². The molecular weight excluding hydrogens is 418 g/mol. The van der Waals surface area contributed by atoms with Gasteiger partial charge in [0, 0.05) is 25.3 Å². The molecule has 2 N–H and O–H groups in total. The van der Waals surface area contributed by atoms with Crippen LogP contribution in [-0.4, -0.2) is 54.2 Å². The number of nitrogens with zero attached hydrogens (tertiary/aromatic N) is 2. The lowest BCUT2D eigenvalue weighted by Crippen LogP contribution is -2.42. The van der Waals surface area contributed by atoms with Crippen molar-refractivity contribution in [2.24, 2.45) is 0 Å². The Morgan fingerprint density at radius 1 is 0.938 bits per heavy atom. The first-order chi connectivity index (χ1) is 15.1. The summed E-state index contributed by atoms with van der Waals surface area (Å²) in [5.74, 6) is -2.64. The Morgan fingerprint density at radius 2 is 1.53 bits per heavy atom. The van der Waals surface area contributed by atoms with Crippen LogP contribution in [0.2, 0.25) is 0 Å². The molecule has 0 saturated carbocycles. The van der Waals surface area contributed by atoms with Gasteiger partial charge < -0.3 is 15.5 Å². The monoisotopic (exact) mass is 446 g/mol. The lowest BCUT2D eigenvalue weighted by atomic mass is 10.1. The molecule has 0 aliphatic carbocycles. The fourth-order valence-corrected chi connectivity index (χ4v) is 3.04. The summed E-state index contributed by atoms with van der Waals surface area (Å²) < 4.78 is 26.7. The molecule has 0 heterocycles. The van der Waals surface area contributed by atoms with Crippen molar-refractivity contribution in [1.29, 1.82) is 0 Å². The highest BCUT2D eigenvalue weighted by Crippen LogP contribution is 2.21. The molecule has 0 bridgehead atoms. The Bertz CT molecular complexity index is 966. The van der Waals surface area contributed by atoms with Crippen molar-refractivity contribution >= 4 is 29.1 Å². The summed E-state index contributed by atoms with van der Waals surface area (Å²) in [6.45, 7) is 5.43. The first-order valence-electron chi connectivity index (χ1n) is 10.2. The second kappa shape index (κ2) is 11.3. The molecule has 0 radical (unpaired) electrons. The van der Waals surface area contributed by atoms with Gasteiger partial charge in [-0.2, -0.15) is 0 Å². The fourth-order valence-electron chi connectivity index (χ4n) is 3.04. The molecule has 1 unspecified atom stereocenters. The number of benzene rings is 2. The lowest BCUT2D eigenvalue weighted by molar-refractivity contribution is -0.133. The van der Waals surface area contributed by atoms with Crippen LogP contribution in [0, 0.1) is 11.6 Å². The highest BCUT2D eigenvalue weighted by Gasteiger charge is 2.21. The third-order valence-electron chi connectivity index (χ3n) is 5.06. The summed E-state index contributed by atoms with van der Waals surface area (Å²) in [4.78, 5) is 39.3. The molecule has 0 aliphatic rings. The molecule has 0 aromatic heterocycles. The number of carbonyl (C=O) groups is 3. The van der Waals surface area contributed by atoms with E-state index in [2.05, 4.69) is 10.6 Å². The van der Waals surface area contributed by atoms with E-state index in [1.165, 1.54) is 17.9 Å². The standard InChI is InChI=1S/C23H28F2N4O3/c1-5-29(13-22(31)27-19-9-7-18(8-10-19)26-16(3)30)14-23(32)28(4)15(2)17-6-11-20(24)21(25)12-17/h6-12,15H,5,13-14H2,1-4H3,(H,26,30)(H,27,31). The van der Waals surface area contributed by atoms with E-state index in [4.69, 9.17) is 0 Å². The number of halogens is 2. The van der Waals surface area contributed by atoms with Gasteiger partial charge in [0.05, 0.1) is 19.1 Å². The second-order valence-electron chi connectivity index (χ2n) is 7.46. The Labute approximate surface area is 186 Å². The van der Waals surface area contributed by atoms with Gasteiger partial charge in [-0.05, 0) is 55.4 Å². The molecule has 3 amide bonds. The minimum atomic E-state index is -0.966. The molecule has 0 spiro atoms. The summed E-state index contributed by atoms with van der Waals surface area (Å²) in [5, 5.41) is 5.40. The van der Waals surface area contributed by atoms with Crippen LogP contribution in [0.4, 0.5) is 20.2 Å². The van der Waals surface area contributed by atoms with Crippen molar-refractivity contribution in [3.8, 4) is 0 Å². The SMILES string of the molecule is CCN(CC(=O)Nc1ccc(NC(C)=O)cc1)CC(=O)N(C)C(C)c1ccc(F)c(F)c1. The molecule has 2 aromatic rings. The molecule has 2 rings (SSSR count). The van der Waals surface area contributed by atoms with Gasteiger partial charge in [-0.1, -0.05) is 13.0 Å². The van der Waals surface area contributed by atoms with E-state index in [9.17, 15) is 23.2 Å². The van der Waals surface area contributed by atoms with Gasteiger partial charge >= 0.3 is 0 Å². The van der Waals surface area contributed by atoms with Gasteiger partial charge in [-0.3, -0.25) is 19.3 Å². The van der Waals surface area contributed by atoms with E-state index in [0.29, 0.717) is 23.5 Å². The second-order valence-corrected chi connectivity index (χ2v) is 7.46. The molecule has 1 atom stereocenters. The molecule has 0 saturated heterocycles. The summed E-state index contributed by atoms with van der Waals surface area (Å²) in [5.41, 5.74) is 1.66. The predicted molar refractivity (Wildman–Crippen MR) is 119 cm³/mol. The van der Waals surface area contributed by atoms with E-state index in [0.717, 1.165) is 12.1 Å². The Morgan fingerprint density at radius 3 is 2.06 bits per heavy atom. The molecular formula is C23H28F2N4O3. The van der Waals surface area contributed by atoms with E-state index >= 15 is 0 Å². The summed E-state index contributed by atoms with van der Waals surface area (Å²) >= 11 is 0. The molecule has 32 heavy (non-hydrogen) atoms. The Kier molecular flexibility index (Phi) is 8.83. The van der Waals surface area contributed by atoms with Crippen LogP contribution < -0.4 is 10.6 Å². The molecule has 9 heteroatoms. The maximum absolute atomic E-state index is 13.5. The van der Waals surface area contributed by atoms with Crippen LogP contribution in [0.25, 0.3) is 0 Å². The third kappa shape index (κ3) is 7.12. The first kappa shape index (κ1) is 24.9. The average molecular weight is 446 g/mol. The van der Waals surface area contributed by atoms with E-state index in [-0.39, 0.29) is 30.8 Å². The zero-order chi connectivity index (χ0) is 23.8. The molecule has 7 nitrogen and oxygen atoms in total. The molecule has 2 aromatic carbocycles. The Balaban J connectivity index is 1.92. The Hall–Kier alpha value is -3.33. The summed E-state index contributed by atoms with van der Waals surface area (Å²) in [6.07, 6.45) is 0. The first-order valence-corrected chi connectivity index (χ1v) is 10.2. The van der Waals surface area contributed by atoms with Crippen LogP contribution in [0.3, 0.4) is 0 Å². The number of anilines is 2. The van der Waals surface area contributed by atoms with Crippen LogP contribution in [0.5, 0.6) is 0 Å². The van der Waals surface area contributed by atoms with Crippen LogP contribution in [0.15, 0.2) is 42.5 Å². The van der Waals surface area contributed by atoms with Gasteiger partial charge in [0.1, 0.15) is 0 Å². The van der Waals surface area contributed by atoms with E-state index in [1.807, 2.05) is 6.92 Å². The lowest BCUT2D eigenvalue weighted by Gasteiger charge is -2.28. The van der Waals surface area contributed by atoms with Gasteiger partial charge in [-0.25, -0.2) is 8.78 Å². The third-order valence-corrected chi connectivity index (χ3v) is 5.06. The topological polar surface area (TPSA) is 81.8 Å². The number of hydrogen-bond donors (Lipinski definition) is 2. The molecule has 0 aliphatic heterocycles. The van der Waals surface area contributed by atoms with Crippen molar-refractivity contribution in [2.75, 3.05) is 37.3 Å². The molecule has 172 valence electrons. The van der Waals surface area contributed by atoms with Crippen molar-refractivity contribution in [1.82, 2.24) is 9.80 Å². The zero-order valence-corrected chi connectivity index (χ0v) is 18.6. The number of carbonyl (C=O) groups excluding carboxylic acids is 3. The maximum Gasteiger partial charge on any atom is 0.238 e. The summed E-state index contributed by atoms with van der Waals surface area (Å²) in [6, 6.07) is 9.77. The highest BCUT2D eigenvalue weighted by atomic mass is 19.2. The van der Waals surface area contributed by atoms with Crippen molar-refractivity contribution in [3.05, 3.63) is 59.7 Å². The number of nitrogens with one attached hydrogen (secondary N) is 2. The number of likely N-dealkylation sites (N-methyl/N-ethyl adjacent to an activating group) is 2. The maximum atomic E-state index is 13.5. The number of rotatable bonds is 9. The van der Waals surface area contributed by atoms with Gasteiger partial charge in [-0.15, -0.1) is 0 Å². The largest absolute Gasteiger partial charge is 0.338 e. The minimum Gasteiger partial charge on any atom is -0.338 e. The van der Waals surface area contributed by atoms with E-state index in [1.54, 1.807) is 43.1 Å². The predicted octanol–water partition coefficient (Wildman–Crippen LogP) is 3.40. The van der Waals surface area contributed by atoms with Crippen molar-refractivity contribution in [3.63, 3.8) is 0 Å². The van der Waals surface area contributed by atoms with Crippen LogP contribution in [-0.2, 0) is 14.4 Å². The zero-order valence-electron chi connectivity index (χ0n) is 18.6. The van der Waals surface area contributed by atoms with Crippen LogP contribution in [0.1, 0.15) is 32.4 Å². The minimum absolute atomic E-state index is 0.00306. The quantitative estimate of drug-likeness (QED) is 0.619. The van der Waals surface area contributed by atoms with Crippen LogP contribution >= 0.6 is 0 Å². The van der Waals surface area contributed by atoms with Gasteiger partial charge in [0.2, 0.25) is 17.7 Å². The normalized spacial score (nSPS) is 11.7.